The van der Waals surface area contributed by atoms with Crippen LogP contribution in [-0.4, -0.2) is 114 Å². The molecule has 18 nitrogen and oxygen atoms in total. The summed E-state index contributed by atoms with van der Waals surface area (Å²) < 4.78 is 27.6. The Bertz CT molecular complexity index is 997. The average Bonchev–Trinajstić information content (AvgIpc) is 3.05. The predicted octanol–water partition coefficient (Wildman–Crippen LogP) is -2.32. The molecule has 0 aromatic carbocycles. The highest BCUT2D eigenvalue weighted by Crippen LogP contribution is 2.34. The van der Waals surface area contributed by atoms with E-state index in [0.29, 0.717) is 0 Å². The fourth-order valence-corrected chi connectivity index (χ4v) is 4.59. The van der Waals surface area contributed by atoms with Gasteiger partial charge in [-0.2, -0.15) is 0 Å². The molecular formula is C27H39N3O15. The number of hydrogen-bond acceptors (Lipinski definition) is 15. The lowest BCUT2D eigenvalue weighted by Crippen LogP contribution is -2.52. The van der Waals surface area contributed by atoms with E-state index in [2.05, 4.69) is 44.4 Å². The van der Waals surface area contributed by atoms with Crippen LogP contribution < -0.4 is 16.0 Å². The van der Waals surface area contributed by atoms with E-state index in [4.69, 9.17) is 0 Å². The van der Waals surface area contributed by atoms with E-state index in [1.807, 2.05) is 0 Å². The van der Waals surface area contributed by atoms with Crippen LogP contribution in [0.2, 0.25) is 0 Å². The molecule has 1 aliphatic rings. The van der Waals surface area contributed by atoms with Crippen molar-refractivity contribution in [2.45, 2.75) is 56.7 Å². The van der Waals surface area contributed by atoms with E-state index < -0.39 is 109 Å². The van der Waals surface area contributed by atoms with Crippen molar-refractivity contribution in [1.82, 2.24) is 16.0 Å². The number of carbonyl (C=O) groups excluding carboxylic acids is 9. The average molecular weight is 646 g/mol. The summed E-state index contributed by atoms with van der Waals surface area (Å²) in [5.74, 6) is -11.2. The second kappa shape index (κ2) is 18.8. The van der Waals surface area contributed by atoms with Gasteiger partial charge < -0.3 is 44.4 Å². The zero-order valence-electron chi connectivity index (χ0n) is 25.8. The molecule has 0 aliphatic heterocycles. The molecule has 0 heterocycles. The molecule has 1 fully saturated rings. The third kappa shape index (κ3) is 12.0. The molecule has 0 radical (unpaired) electrons. The Labute approximate surface area is 258 Å². The first-order valence-corrected chi connectivity index (χ1v) is 13.6. The second-order valence-corrected chi connectivity index (χ2v) is 9.89. The highest BCUT2D eigenvalue weighted by Gasteiger charge is 2.42. The maximum absolute atomic E-state index is 13.4. The van der Waals surface area contributed by atoms with Gasteiger partial charge in [-0.25, -0.2) is 14.4 Å². The molecule has 0 spiro atoms. The lowest BCUT2D eigenvalue weighted by atomic mass is 9.73. The van der Waals surface area contributed by atoms with Gasteiger partial charge >= 0.3 is 35.8 Å². The number of nitrogens with one attached hydrogen (secondary N) is 3. The van der Waals surface area contributed by atoms with E-state index in [0.717, 1.165) is 42.7 Å². The van der Waals surface area contributed by atoms with Gasteiger partial charge in [0.25, 0.3) is 0 Å². The zero-order chi connectivity index (χ0) is 34.3. The van der Waals surface area contributed by atoms with Crippen LogP contribution in [0.3, 0.4) is 0 Å². The molecule has 1 aliphatic carbocycles. The Morgan fingerprint density at radius 2 is 0.667 bits per heavy atom. The van der Waals surface area contributed by atoms with Crippen molar-refractivity contribution in [3.05, 3.63) is 0 Å². The maximum Gasteiger partial charge on any atom is 0.328 e. The van der Waals surface area contributed by atoms with Gasteiger partial charge in [-0.05, 0) is 19.3 Å². The van der Waals surface area contributed by atoms with Crippen molar-refractivity contribution < 1.29 is 71.6 Å². The van der Waals surface area contributed by atoms with Gasteiger partial charge in [-0.1, -0.05) is 0 Å². The summed E-state index contributed by atoms with van der Waals surface area (Å²) >= 11 is 0. The zero-order valence-corrected chi connectivity index (χ0v) is 25.8. The van der Waals surface area contributed by atoms with Gasteiger partial charge in [0.05, 0.1) is 61.9 Å². The fraction of sp³-hybridized carbons (Fsp3) is 0.667. The van der Waals surface area contributed by atoms with Crippen LogP contribution in [0.4, 0.5) is 0 Å². The summed E-state index contributed by atoms with van der Waals surface area (Å²) in [6.07, 6.45) is -2.29. The number of methoxy groups -OCH3 is 6. The number of rotatable bonds is 15. The normalized spacial score (nSPS) is 19.2. The molecule has 0 aromatic heterocycles. The first-order valence-electron chi connectivity index (χ1n) is 13.6. The molecule has 3 N–H and O–H groups in total. The highest BCUT2D eigenvalue weighted by molar-refractivity contribution is 5.93. The SMILES string of the molecule is COC(=O)C[C@H](NC(=O)C1CC(C(=O)N[C@@H](CC(=O)OC)C(=O)OC)CC(C(=O)N[C@@H](CC(=O)OC)C(=O)OC)C1)C(=O)OC. The van der Waals surface area contributed by atoms with Crippen molar-refractivity contribution in [3.63, 3.8) is 0 Å². The summed E-state index contributed by atoms with van der Waals surface area (Å²) in [6, 6.07) is -4.36. The number of ether oxygens (including phenoxy) is 6. The molecular weight excluding hydrogens is 606 g/mol. The Kier molecular flexibility index (Phi) is 16.0. The van der Waals surface area contributed by atoms with Crippen LogP contribution in [-0.2, 0) is 71.6 Å². The largest absolute Gasteiger partial charge is 0.469 e. The van der Waals surface area contributed by atoms with Crippen LogP contribution in [0.25, 0.3) is 0 Å². The molecule has 3 amide bonds. The molecule has 0 aromatic rings. The Morgan fingerprint density at radius 1 is 0.444 bits per heavy atom. The van der Waals surface area contributed by atoms with Gasteiger partial charge in [0.2, 0.25) is 17.7 Å². The lowest BCUT2D eigenvalue weighted by molar-refractivity contribution is -0.152. The first kappa shape index (κ1) is 38.3. The van der Waals surface area contributed by atoms with Gasteiger partial charge in [0, 0.05) is 17.8 Å². The lowest BCUT2D eigenvalue weighted by Gasteiger charge is -2.34. The summed E-state index contributed by atoms with van der Waals surface area (Å²) in [6.45, 7) is 0. The third-order valence-corrected chi connectivity index (χ3v) is 7.02. The molecule has 18 heteroatoms. The topological polar surface area (TPSA) is 245 Å². The van der Waals surface area contributed by atoms with Crippen molar-refractivity contribution in [3.8, 4) is 0 Å². The predicted molar refractivity (Wildman–Crippen MR) is 146 cm³/mol. The van der Waals surface area contributed by atoms with Crippen molar-refractivity contribution >= 4 is 53.5 Å². The third-order valence-electron chi connectivity index (χ3n) is 7.02. The van der Waals surface area contributed by atoms with E-state index in [-0.39, 0.29) is 19.3 Å². The molecule has 3 atom stereocenters. The summed E-state index contributed by atoms with van der Waals surface area (Å²) in [7, 11) is 6.36. The Hall–Kier alpha value is -4.77. The second-order valence-electron chi connectivity index (χ2n) is 9.89. The van der Waals surface area contributed by atoms with E-state index >= 15 is 0 Å². The van der Waals surface area contributed by atoms with Crippen molar-refractivity contribution in [1.29, 1.82) is 0 Å². The van der Waals surface area contributed by atoms with Gasteiger partial charge in [0.1, 0.15) is 18.1 Å². The van der Waals surface area contributed by atoms with E-state index in [1.165, 1.54) is 0 Å². The number of carbonyl (C=O) groups is 9. The van der Waals surface area contributed by atoms with Crippen LogP contribution in [0.1, 0.15) is 38.5 Å². The quantitative estimate of drug-likeness (QED) is 0.125. The van der Waals surface area contributed by atoms with Gasteiger partial charge in [-0.15, -0.1) is 0 Å². The Morgan fingerprint density at radius 3 is 0.844 bits per heavy atom. The summed E-state index contributed by atoms with van der Waals surface area (Å²) in [4.78, 5) is 112. The molecule has 0 bridgehead atoms. The number of esters is 6. The maximum atomic E-state index is 13.4. The van der Waals surface area contributed by atoms with Crippen LogP contribution in [0.5, 0.6) is 0 Å². The van der Waals surface area contributed by atoms with Crippen LogP contribution >= 0.6 is 0 Å². The summed E-state index contributed by atoms with van der Waals surface area (Å²) in [5.41, 5.74) is 0. The molecule has 0 saturated heterocycles. The summed E-state index contributed by atoms with van der Waals surface area (Å²) in [5, 5.41) is 7.13. The number of hydrogen-bond donors (Lipinski definition) is 3. The standard InChI is InChI=1S/C27H39N3O15/c1-40-19(31)10-16(25(37)43-4)28-22(34)13-7-14(23(35)29-17(26(38)44-5)11-20(32)41-2)9-15(8-13)24(36)30-18(27(39)45-6)12-21(33)42-3/h13-18H,7-12H2,1-6H3,(H,28,34)(H,29,35)(H,30,36)/t13?,14?,15?,16-,17-,18-/m0/s1. The monoisotopic (exact) mass is 645 g/mol. The fourth-order valence-electron chi connectivity index (χ4n) is 4.59. The molecule has 1 rings (SSSR count). The van der Waals surface area contributed by atoms with Crippen LogP contribution in [0.15, 0.2) is 0 Å². The molecule has 0 unspecified atom stereocenters. The van der Waals surface area contributed by atoms with Gasteiger partial charge in [-0.3, -0.25) is 28.8 Å². The molecule has 45 heavy (non-hydrogen) atoms. The van der Waals surface area contributed by atoms with E-state index in [1.54, 1.807) is 0 Å². The minimum atomic E-state index is -1.45. The molecule has 1 saturated carbocycles. The van der Waals surface area contributed by atoms with Crippen molar-refractivity contribution in [2.24, 2.45) is 17.8 Å². The minimum Gasteiger partial charge on any atom is -0.469 e. The first-order chi connectivity index (χ1) is 21.2. The highest BCUT2D eigenvalue weighted by atomic mass is 16.5. The number of amides is 3. The van der Waals surface area contributed by atoms with E-state index in [9.17, 15) is 43.2 Å². The minimum absolute atomic E-state index is 0.192. The van der Waals surface area contributed by atoms with Crippen LogP contribution in [0, 0.1) is 17.8 Å². The van der Waals surface area contributed by atoms with Crippen molar-refractivity contribution in [2.75, 3.05) is 42.7 Å². The molecule has 252 valence electrons. The smallest absolute Gasteiger partial charge is 0.328 e. The Balaban J connectivity index is 3.36. The van der Waals surface area contributed by atoms with Gasteiger partial charge in [0.15, 0.2) is 0 Å².